The lowest BCUT2D eigenvalue weighted by Gasteiger charge is -2.13. The Morgan fingerprint density at radius 1 is 1.00 bits per heavy atom. The molecule has 2 aromatic rings. The number of aliphatic hydroxyl groups excluding tert-OH is 1. The Balaban J connectivity index is 2.21. The van der Waals surface area contributed by atoms with Gasteiger partial charge in [0.15, 0.2) is 0 Å². The van der Waals surface area contributed by atoms with Gasteiger partial charge in [-0.25, -0.2) is 0 Å². The second-order valence-corrected chi connectivity index (χ2v) is 4.06. The quantitative estimate of drug-likeness (QED) is 0.845. The highest BCUT2D eigenvalue weighted by molar-refractivity contribution is 5.70. The van der Waals surface area contributed by atoms with Crippen molar-refractivity contribution in [3.8, 4) is 16.9 Å². The first-order chi connectivity index (χ1) is 8.81. The molecule has 0 aliphatic rings. The highest BCUT2D eigenvalue weighted by Gasteiger charge is 2.07. The molecule has 94 valence electrons. The first-order valence-electron chi connectivity index (χ1n) is 5.96. The van der Waals surface area contributed by atoms with Crippen LogP contribution >= 0.6 is 0 Å². The standard InChI is InChI=1S/C15H17NO2/c16-10-13(17)11-18-15-9-5-4-8-14(15)12-6-2-1-3-7-12/h1-9,13,17H,10-11,16H2. The number of aliphatic hydroxyl groups is 1. The maximum atomic E-state index is 9.43. The zero-order chi connectivity index (χ0) is 12.8. The Kier molecular flexibility index (Phi) is 4.34. The second kappa shape index (κ2) is 6.19. The average molecular weight is 243 g/mol. The minimum atomic E-state index is -0.631. The number of hydrogen-bond donors (Lipinski definition) is 2. The molecule has 2 aromatic carbocycles. The van der Waals surface area contributed by atoms with Crippen molar-refractivity contribution in [1.29, 1.82) is 0 Å². The van der Waals surface area contributed by atoms with Gasteiger partial charge in [-0.15, -0.1) is 0 Å². The molecule has 0 amide bonds. The fraction of sp³-hybridized carbons (Fsp3) is 0.200. The Hall–Kier alpha value is -1.84. The van der Waals surface area contributed by atoms with E-state index in [1.54, 1.807) is 0 Å². The van der Waals surface area contributed by atoms with Gasteiger partial charge in [0, 0.05) is 12.1 Å². The maximum absolute atomic E-state index is 9.43. The van der Waals surface area contributed by atoms with E-state index in [4.69, 9.17) is 10.5 Å². The van der Waals surface area contributed by atoms with Gasteiger partial charge in [0.25, 0.3) is 0 Å². The van der Waals surface area contributed by atoms with Crippen LogP contribution < -0.4 is 10.5 Å². The smallest absolute Gasteiger partial charge is 0.127 e. The lowest BCUT2D eigenvalue weighted by atomic mass is 10.1. The van der Waals surface area contributed by atoms with Gasteiger partial charge < -0.3 is 15.6 Å². The minimum Gasteiger partial charge on any atom is -0.490 e. The SMILES string of the molecule is NCC(O)COc1ccccc1-c1ccccc1. The van der Waals surface area contributed by atoms with Crippen LogP contribution in [0.5, 0.6) is 5.75 Å². The van der Waals surface area contributed by atoms with Crippen molar-refractivity contribution in [3.05, 3.63) is 54.6 Å². The van der Waals surface area contributed by atoms with E-state index in [0.717, 1.165) is 16.9 Å². The Labute approximate surface area is 107 Å². The number of nitrogens with two attached hydrogens (primary N) is 1. The molecule has 2 rings (SSSR count). The molecule has 0 aliphatic carbocycles. The van der Waals surface area contributed by atoms with Crippen molar-refractivity contribution < 1.29 is 9.84 Å². The van der Waals surface area contributed by atoms with Crippen LogP contribution in [0.1, 0.15) is 0 Å². The van der Waals surface area contributed by atoms with Crippen LogP contribution in [0, 0.1) is 0 Å². The van der Waals surface area contributed by atoms with Crippen molar-refractivity contribution in [2.75, 3.05) is 13.2 Å². The molecule has 0 aromatic heterocycles. The summed E-state index contributed by atoms with van der Waals surface area (Å²) in [5, 5.41) is 9.43. The highest BCUT2D eigenvalue weighted by atomic mass is 16.5. The van der Waals surface area contributed by atoms with Crippen LogP contribution in [0.2, 0.25) is 0 Å². The van der Waals surface area contributed by atoms with Gasteiger partial charge in [0.1, 0.15) is 18.5 Å². The summed E-state index contributed by atoms with van der Waals surface area (Å²) in [4.78, 5) is 0. The predicted octanol–water partition coefficient (Wildman–Crippen LogP) is 2.05. The van der Waals surface area contributed by atoms with Gasteiger partial charge in [-0.1, -0.05) is 48.5 Å². The van der Waals surface area contributed by atoms with Crippen LogP contribution in [0.15, 0.2) is 54.6 Å². The van der Waals surface area contributed by atoms with Crippen molar-refractivity contribution in [2.24, 2.45) is 5.73 Å². The normalized spacial score (nSPS) is 12.1. The van der Waals surface area contributed by atoms with Crippen LogP contribution in [0.4, 0.5) is 0 Å². The summed E-state index contributed by atoms with van der Waals surface area (Å²) in [6.45, 7) is 0.411. The third-order valence-corrected chi connectivity index (χ3v) is 2.68. The number of ether oxygens (including phenoxy) is 1. The molecular weight excluding hydrogens is 226 g/mol. The molecule has 0 aliphatic heterocycles. The van der Waals surface area contributed by atoms with Crippen molar-refractivity contribution in [1.82, 2.24) is 0 Å². The fourth-order valence-electron chi connectivity index (χ4n) is 1.70. The monoisotopic (exact) mass is 243 g/mol. The highest BCUT2D eigenvalue weighted by Crippen LogP contribution is 2.29. The summed E-state index contributed by atoms with van der Waals surface area (Å²) in [7, 11) is 0. The van der Waals surface area contributed by atoms with Gasteiger partial charge in [0.05, 0.1) is 0 Å². The molecule has 0 radical (unpaired) electrons. The van der Waals surface area contributed by atoms with Crippen molar-refractivity contribution in [3.63, 3.8) is 0 Å². The third-order valence-electron chi connectivity index (χ3n) is 2.68. The topological polar surface area (TPSA) is 55.5 Å². The summed E-state index contributed by atoms with van der Waals surface area (Å²) in [5.74, 6) is 0.760. The number of rotatable bonds is 5. The lowest BCUT2D eigenvalue weighted by molar-refractivity contribution is 0.114. The first kappa shape index (κ1) is 12.6. The van der Waals surface area contributed by atoms with Crippen LogP contribution in [0.25, 0.3) is 11.1 Å². The third kappa shape index (κ3) is 3.09. The number of benzene rings is 2. The molecule has 3 heteroatoms. The van der Waals surface area contributed by atoms with E-state index >= 15 is 0 Å². The summed E-state index contributed by atoms with van der Waals surface area (Å²) in [6, 6.07) is 17.8. The van der Waals surface area contributed by atoms with Gasteiger partial charge in [0.2, 0.25) is 0 Å². The largest absolute Gasteiger partial charge is 0.490 e. The Bertz CT molecular complexity index is 485. The molecule has 3 N–H and O–H groups in total. The molecule has 0 spiro atoms. The second-order valence-electron chi connectivity index (χ2n) is 4.06. The van der Waals surface area contributed by atoms with E-state index in [0.29, 0.717) is 0 Å². The van der Waals surface area contributed by atoms with E-state index in [-0.39, 0.29) is 13.2 Å². The fourth-order valence-corrected chi connectivity index (χ4v) is 1.70. The van der Waals surface area contributed by atoms with E-state index in [1.165, 1.54) is 0 Å². The first-order valence-corrected chi connectivity index (χ1v) is 5.96. The average Bonchev–Trinajstić information content (AvgIpc) is 2.46. The van der Waals surface area contributed by atoms with E-state index < -0.39 is 6.10 Å². The van der Waals surface area contributed by atoms with E-state index in [2.05, 4.69) is 0 Å². The predicted molar refractivity (Wildman–Crippen MR) is 72.4 cm³/mol. The number of para-hydroxylation sites is 1. The maximum Gasteiger partial charge on any atom is 0.127 e. The van der Waals surface area contributed by atoms with Crippen molar-refractivity contribution in [2.45, 2.75) is 6.10 Å². The lowest BCUT2D eigenvalue weighted by Crippen LogP contribution is -2.26. The zero-order valence-electron chi connectivity index (χ0n) is 10.1. The molecular formula is C15H17NO2. The Morgan fingerprint density at radius 3 is 2.39 bits per heavy atom. The zero-order valence-corrected chi connectivity index (χ0v) is 10.1. The molecule has 0 saturated heterocycles. The van der Waals surface area contributed by atoms with Gasteiger partial charge in [-0.3, -0.25) is 0 Å². The van der Waals surface area contributed by atoms with Crippen molar-refractivity contribution >= 4 is 0 Å². The minimum absolute atomic E-state index is 0.202. The molecule has 1 unspecified atom stereocenters. The van der Waals surface area contributed by atoms with Crippen LogP contribution in [-0.2, 0) is 0 Å². The summed E-state index contributed by atoms with van der Waals surface area (Å²) >= 11 is 0. The van der Waals surface area contributed by atoms with Gasteiger partial charge in [-0.05, 0) is 11.6 Å². The Morgan fingerprint density at radius 2 is 1.67 bits per heavy atom. The molecule has 1 atom stereocenters. The summed E-state index contributed by atoms with van der Waals surface area (Å²) in [5.41, 5.74) is 7.46. The molecule has 0 saturated carbocycles. The van der Waals surface area contributed by atoms with Crippen LogP contribution in [-0.4, -0.2) is 24.4 Å². The van der Waals surface area contributed by atoms with E-state index in [1.807, 2.05) is 54.6 Å². The molecule has 3 nitrogen and oxygen atoms in total. The number of hydrogen-bond acceptors (Lipinski definition) is 3. The van der Waals surface area contributed by atoms with Crippen LogP contribution in [0.3, 0.4) is 0 Å². The molecule has 18 heavy (non-hydrogen) atoms. The van der Waals surface area contributed by atoms with E-state index in [9.17, 15) is 5.11 Å². The molecule has 0 fully saturated rings. The van der Waals surface area contributed by atoms with Gasteiger partial charge >= 0.3 is 0 Å². The summed E-state index contributed by atoms with van der Waals surface area (Å²) < 4.78 is 5.61. The summed E-state index contributed by atoms with van der Waals surface area (Å²) in [6.07, 6.45) is -0.631. The van der Waals surface area contributed by atoms with Gasteiger partial charge in [-0.2, -0.15) is 0 Å². The molecule has 0 bridgehead atoms. The molecule has 0 heterocycles.